The summed E-state index contributed by atoms with van der Waals surface area (Å²) < 4.78 is 34.5. The van der Waals surface area contributed by atoms with E-state index in [0.29, 0.717) is 22.0 Å². The van der Waals surface area contributed by atoms with Crippen LogP contribution in [0.2, 0.25) is 10.0 Å². The first-order valence-corrected chi connectivity index (χ1v) is 15.3. The summed E-state index contributed by atoms with van der Waals surface area (Å²) in [7, 11) is -2.81. The highest BCUT2D eigenvalue weighted by molar-refractivity contribution is 7.92. The van der Waals surface area contributed by atoms with Crippen LogP contribution in [-0.2, 0) is 26.2 Å². The van der Waals surface area contributed by atoms with Gasteiger partial charge in [0.05, 0.1) is 17.7 Å². The molecule has 1 N–H and O–H groups in total. The van der Waals surface area contributed by atoms with Gasteiger partial charge in [0.2, 0.25) is 11.8 Å². The molecule has 8 nitrogen and oxygen atoms in total. The van der Waals surface area contributed by atoms with Gasteiger partial charge < -0.3 is 15.0 Å². The van der Waals surface area contributed by atoms with Crippen LogP contribution in [0, 0.1) is 6.92 Å². The minimum Gasteiger partial charge on any atom is -0.495 e. The molecule has 2 amide bonds. The molecule has 0 radical (unpaired) electrons. The molecule has 0 spiro atoms. The summed E-state index contributed by atoms with van der Waals surface area (Å²) in [5.74, 6) is -0.747. The zero-order chi connectivity index (χ0) is 30.3. The second kappa shape index (κ2) is 14.1. The summed E-state index contributed by atoms with van der Waals surface area (Å²) in [4.78, 5) is 28.6. The van der Waals surface area contributed by atoms with Gasteiger partial charge in [0.15, 0.2) is 0 Å². The molecule has 0 saturated carbocycles. The smallest absolute Gasteiger partial charge is 0.264 e. The Morgan fingerprint density at radius 3 is 2.20 bits per heavy atom. The minimum atomic E-state index is -4.24. The maximum absolute atomic E-state index is 14.1. The van der Waals surface area contributed by atoms with Crippen LogP contribution in [0.15, 0.2) is 71.6 Å². The van der Waals surface area contributed by atoms with E-state index in [0.717, 1.165) is 9.87 Å². The number of aryl methyl sites for hydroxylation is 1. The van der Waals surface area contributed by atoms with E-state index in [9.17, 15) is 18.0 Å². The number of hydrogen-bond acceptors (Lipinski definition) is 5. The average molecular weight is 621 g/mol. The van der Waals surface area contributed by atoms with Crippen LogP contribution in [0.4, 0.5) is 5.69 Å². The van der Waals surface area contributed by atoms with Crippen LogP contribution in [-0.4, -0.2) is 50.9 Å². The molecule has 3 aromatic rings. The summed E-state index contributed by atoms with van der Waals surface area (Å²) in [6, 6.07) is 16.8. The molecule has 41 heavy (non-hydrogen) atoms. The lowest BCUT2D eigenvalue weighted by Gasteiger charge is -2.33. The Hall–Kier alpha value is -3.27. The van der Waals surface area contributed by atoms with Gasteiger partial charge in [-0.15, -0.1) is 0 Å². The van der Waals surface area contributed by atoms with Gasteiger partial charge in [0.1, 0.15) is 18.3 Å². The number of nitrogens with zero attached hydrogens (tertiary/aromatic N) is 2. The maximum atomic E-state index is 14.1. The number of anilines is 1. The number of nitrogens with one attached hydrogen (secondary N) is 1. The lowest BCUT2D eigenvalue weighted by atomic mass is 10.1. The molecule has 0 aliphatic heterocycles. The summed E-state index contributed by atoms with van der Waals surface area (Å²) in [5.41, 5.74) is 1.40. The average Bonchev–Trinajstić information content (AvgIpc) is 2.95. The van der Waals surface area contributed by atoms with E-state index < -0.39 is 28.5 Å². The van der Waals surface area contributed by atoms with Gasteiger partial charge in [-0.2, -0.15) is 0 Å². The molecule has 0 fully saturated rings. The van der Waals surface area contributed by atoms with Crippen LogP contribution in [0.5, 0.6) is 5.75 Å². The lowest BCUT2D eigenvalue weighted by Crippen LogP contribution is -2.52. The molecule has 3 rings (SSSR count). The number of methoxy groups -OCH3 is 1. The zero-order valence-electron chi connectivity index (χ0n) is 23.7. The number of amides is 2. The Balaban J connectivity index is 2.12. The van der Waals surface area contributed by atoms with Crippen LogP contribution < -0.4 is 14.4 Å². The maximum Gasteiger partial charge on any atom is 0.264 e. The van der Waals surface area contributed by atoms with Crippen LogP contribution >= 0.6 is 23.2 Å². The Morgan fingerprint density at radius 2 is 1.61 bits per heavy atom. The third-order valence-electron chi connectivity index (χ3n) is 6.77. The van der Waals surface area contributed by atoms with Crippen molar-refractivity contribution in [3.63, 3.8) is 0 Å². The highest BCUT2D eigenvalue weighted by Gasteiger charge is 2.34. The van der Waals surface area contributed by atoms with Crippen molar-refractivity contribution >= 4 is 50.7 Å². The van der Waals surface area contributed by atoms with Crippen LogP contribution in [0.3, 0.4) is 0 Å². The SMILES string of the molecule is CC[C@H](C)NC(=O)[C@@H](C)N(Cc1c(Cl)cccc1Cl)C(=O)CN(c1cc(C)ccc1OC)S(=O)(=O)c1ccccc1. The van der Waals surface area contributed by atoms with Crippen LogP contribution in [0.1, 0.15) is 38.3 Å². The number of rotatable bonds is 12. The quantitative estimate of drug-likeness (QED) is 0.275. The van der Waals surface area contributed by atoms with E-state index in [1.54, 1.807) is 61.5 Å². The molecule has 0 saturated heterocycles. The first kappa shape index (κ1) is 32.2. The van der Waals surface area contributed by atoms with E-state index >= 15 is 0 Å². The molecule has 0 bridgehead atoms. The number of benzene rings is 3. The highest BCUT2D eigenvalue weighted by atomic mass is 35.5. The molecule has 11 heteroatoms. The fourth-order valence-corrected chi connectivity index (χ4v) is 6.08. The minimum absolute atomic E-state index is 0.000352. The number of hydrogen-bond donors (Lipinski definition) is 1. The molecule has 220 valence electrons. The molecule has 0 unspecified atom stereocenters. The van der Waals surface area contributed by atoms with E-state index in [2.05, 4.69) is 5.32 Å². The summed E-state index contributed by atoms with van der Waals surface area (Å²) in [5, 5.41) is 3.53. The van der Waals surface area contributed by atoms with Crippen molar-refractivity contribution in [3.8, 4) is 5.75 Å². The third kappa shape index (κ3) is 7.72. The van der Waals surface area contributed by atoms with Crippen molar-refractivity contribution in [2.24, 2.45) is 0 Å². The van der Waals surface area contributed by atoms with Crippen molar-refractivity contribution < 1.29 is 22.7 Å². The van der Waals surface area contributed by atoms with Gasteiger partial charge in [-0.1, -0.05) is 60.5 Å². The van der Waals surface area contributed by atoms with Crippen LogP contribution in [0.25, 0.3) is 0 Å². The van der Waals surface area contributed by atoms with Gasteiger partial charge in [0.25, 0.3) is 10.0 Å². The van der Waals surface area contributed by atoms with Crippen molar-refractivity contribution in [2.45, 2.75) is 57.6 Å². The highest BCUT2D eigenvalue weighted by Crippen LogP contribution is 2.34. The van der Waals surface area contributed by atoms with Gasteiger partial charge >= 0.3 is 0 Å². The van der Waals surface area contributed by atoms with Gasteiger partial charge in [-0.05, 0) is 69.2 Å². The molecule has 0 heterocycles. The molecular weight excluding hydrogens is 585 g/mol. The largest absolute Gasteiger partial charge is 0.495 e. The zero-order valence-corrected chi connectivity index (χ0v) is 26.1. The van der Waals surface area contributed by atoms with Crippen molar-refractivity contribution in [1.82, 2.24) is 10.2 Å². The number of sulfonamides is 1. The summed E-state index contributed by atoms with van der Waals surface area (Å²) in [6.45, 7) is 6.47. The second-order valence-electron chi connectivity index (χ2n) is 9.72. The topological polar surface area (TPSA) is 96.0 Å². The van der Waals surface area contributed by atoms with Crippen molar-refractivity contribution in [2.75, 3.05) is 18.0 Å². The normalized spacial score (nSPS) is 12.8. The second-order valence-corrected chi connectivity index (χ2v) is 12.4. The molecule has 0 aliphatic carbocycles. The summed E-state index contributed by atoms with van der Waals surface area (Å²) in [6.07, 6.45) is 0.693. The molecule has 0 aromatic heterocycles. The van der Waals surface area contributed by atoms with E-state index in [-0.39, 0.29) is 34.8 Å². The van der Waals surface area contributed by atoms with E-state index in [1.165, 1.54) is 24.1 Å². The fraction of sp³-hybridized carbons (Fsp3) is 0.333. The molecule has 0 aliphatic rings. The summed E-state index contributed by atoms with van der Waals surface area (Å²) >= 11 is 12.9. The van der Waals surface area contributed by atoms with Gasteiger partial charge in [-0.3, -0.25) is 13.9 Å². The number of carbonyl (C=O) groups excluding carboxylic acids is 2. The monoisotopic (exact) mass is 619 g/mol. The number of halogens is 2. The van der Waals surface area contributed by atoms with E-state index in [1.807, 2.05) is 20.8 Å². The Morgan fingerprint density at radius 1 is 0.976 bits per heavy atom. The number of ether oxygens (including phenoxy) is 1. The Bertz CT molecular complexity index is 1460. The fourth-order valence-electron chi connectivity index (χ4n) is 4.13. The number of carbonyl (C=O) groups is 2. The Labute approximate surface area is 252 Å². The predicted molar refractivity (Wildman–Crippen MR) is 163 cm³/mol. The van der Waals surface area contributed by atoms with Gasteiger partial charge in [-0.25, -0.2) is 8.42 Å². The molecule has 3 aromatic carbocycles. The first-order chi connectivity index (χ1) is 19.4. The van der Waals surface area contributed by atoms with Crippen molar-refractivity contribution in [3.05, 3.63) is 87.9 Å². The standard InChI is InChI=1S/C30H35Cl2N3O5S/c1-6-21(3)33-30(37)22(4)34(18-24-25(31)13-10-14-26(24)32)29(36)19-35(27-17-20(2)15-16-28(27)40-5)41(38,39)23-11-8-7-9-12-23/h7-17,21-22H,6,18-19H2,1-5H3,(H,33,37)/t21-,22+/m0/s1. The lowest BCUT2D eigenvalue weighted by molar-refractivity contribution is -0.139. The Kier molecular flexibility index (Phi) is 11.1. The molecule has 2 atom stereocenters. The van der Waals surface area contributed by atoms with Crippen molar-refractivity contribution in [1.29, 1.82) is 0 Å². The van der Waals surface area contributed by atoms with Gasteiger partial charge in [0, 0.05) is 28.2 Å². The predicted octanol–water partition coefficient (Wildman–Crippen LogP) is 5.84. The molecular formula is C30H35Cl2N3O5S. The first-order valence-electron chi connectivity index (χ1n) is 13.2. The van der Waals surface area contributed by atoms with E-state index in [4.69, 9.17) is 27.9 Å². The third-order valence-corrected chi connectivity index (χ3v) is 9.25.